The largest absolute Gasteiger partial charge is 0.383 e. The van der Waals surface area contributed by atoms with Gasteiger partial charge in [-0.3, -0.25) is 0 Å². The number of hydrogen-bond acceptors (Lipinski definition) is 2. The van der Waals surface area contributed by atoms with E-state index in [9.17, 15) is 5.11 Å². The number of aliphatic hydroxyl groups excluding tert-OH is 1. The third-order valence-electron chi connectivity index (χ3n) is 3.32. The van der Waals surface area contributed by atoms with E-state index < -0.39 is 6.10 Å². The molecule has 1 unspecified atom stereocenters. The van der Waals surface area contributed by atoms with E-state index in [2.05, 4.69) is 68.9 Å². The number of aliphatic hydroxyl groups is 1. The van der Waals surface area contributed by atoms with Crippen LogP contribution >= 0.6 is 49.9 Å². The van der Waals surface area contributed by atoms with Gasteiger partial charge in [-0.2, -0.15) is 0 Å². The zero-order valence-corrected chi connectivity index (χ0v) is 15.3. The highest BCUT2D eigenvalue weighted by atomic mass is 127. The molecule has 0 aliphatic carbocycles. The summed E-state index contributed by atoms with van der Waals surface area (Å²) in [6, 6.07) is 14.4. The first kappa shape index (κ1) is 14.5. The van der Waals surface area contributed by atoms with Crippen LogP contribution in [0, 0.1) is 10.5 Å². The van der Waals surface area contributed by atoms with Crippen molar-refractivity contribution in [1.82, 2.24) is 0 Å². The van der Waals surface area contributed by atoms with E-state index in [-0.39, 0.29) is 0 Å². The van der Waals surface area contributed by atoms with Crippen molar-refractivity contribution in [3.63, 3.8) is 0 Å². The maximum atomic E-state index is 10.7. The van der Waals surface area contributed by atoms with Gasteiger partial charge < -0.3 is 5.11 Å². The highest BCUT2D eigenvalue weighted by molar-refractivity contribution is 14.1. The molecular weight excluding hydrogens is 447 g/mol. The van der Waals surface area contributed by atoms with E-state index in [1.165, 1.54) is 10.1 Å². The van der Waals surface area contributed by atoms with Crippen molar-refractivity contribution >= 4 is 59.9 Å². The molecule has 0 bridgehead atoms. The van der Waals surface area contributed by atoms with Crippen LogP contribution in [-0.2, 0) is 0 Å². The predicted molar refractivity (Wildman–Crippen MR) is 97.5 cm³/mol. The standard InChI is InChI=1S/C16H12BrIOS/c1-9-6-12(17)13(18)8-11(9)16(19)15-7-10-4-2-3-5-14(10)20-15/h2-8,16,19H,1H3. The third kappa shape index (κ3) is 2.66. The average Bonchev–Trinajstić information content (AvgIpc) is 2.86. The second kappa shape index (κ2) is 5.75. The van der Waals surface area contributed by atoms with E-state index in [0.717, 1.165) is 24.0 Å². The summed E-state index contributed by atoms with van der Waals surface area (Å²) in [5.74, 6) is 0. The molecule has 3 rings (SSSR count). The monoisotopic (exact) mass is 458 g/mol. The van der Waals surface area contributed by atoms with Crippen molar-refractivity contribution in [3.8, 4) is 0 Å². The van der Waals surface area contributed by atoms with E-state index in [4.69, 9.17) is 0 Å². The Kier molecular flexibility index (Phi) is 4.17. The number of thiophene rings is 1. The van der Waals surface area contributed by atoms with E-state index in [1.807, 2.05) is 19.1 Å². The van der Waals surface area contributed by atoms with Crippen LogP contribution in [0.4, 0.5) is 0 Å². The van der Waals surface area contributed by atoms with Gasteiger partial charge in [0.25, 0.3) is 0 Å². The van der Waals surface area contributed by atoms with E-state index in [0.29, 0.717) is 0 Å². The molecule has 1 nitrogen and oxygen atoms in total. The second-order valence-corrected chi connectivity index (χ2v) is 7.84. The normalized spacial score (nSPS) is 12.8. The smallest absolute Gasteiger partial charge is 0.114 e. The molecule has 0 spiro atoms. The summed E-state index contributed by atoms with van der Waals surface area (Å²) < 4.78 is 3.40. The van der Waals surface area contributed by atoms with Crippen molar-refractivity contribution < 1.29 is 5.11 Å². The minimum Gasteiger partial charge on any atom is -0.383 e. The Morgan fingerprint density at radius 2 is 1.95 bits per heavy atom. The lowest BCUT2D eigenvalue weighted by Gasteiger charge is -2.13. The molecule has 0 fully saturated rings. The van der Waals surface area contributed by atoms with Crippen LogP contribution in [0.15, 0.2) is 46.9 Å². The van der Waals surface area contributed by atoms with Gasteiger partial charge in [-0.25, -0.2) is 0 Å². The lowest BCUT2D eigenvalue weighted by molar-refractivity contribution is 0.223. The molecule has 102 valence electrons. The zero-order chi connectivity index (χ0) is 14.3. The van der Waals surface area contributed by atoms with Gasteiger partial charge in [0.15, 0.2) is 0 Å². The van der Waals surface area contributed by atoms with Gasteiger partial charge in [0.05, 0.1) is 0 Å². The summed E-state index contributed by atoms with van der Waals surface area (Å²) >= 11 is 7.46. The molecule has 0 saturated heterocycles. The fraction of sp³-hybridized carbons (Fsp3) is 0.125. The van der Waals surface area contributed by atoms with Gasteiger partial charge in [-0.05, 0) is 86.2 Å². The van der Waals surface area contributed by atoms with Crippen LogP contribution in [0.25, 0.3) is 10.1 Å². The Morgan fingerprint density at radius 3 is 2.70 bits per heavy atom. The first-order valence-electron chi connectivity index (χ1n) is 6.18. The van der Waals surface area contributed by atoms with Crippen molar-refractivity contribution in [3.05, 3.63) is 66.5 Å². The molecule has 1 N–H and O–H groups in total. The van der Waals surface area contributed by atoms with Crippen LogP contribution in [-0.4, -0.2) is 5.11 Å². The molecule has 2 aromatic carbocycles. The quantitative estimate of drug-likeness (QED) is 0.491. The molecule has 0 radical (unpaired) electrons. The summed E-state index contributed by atoms with van der Waals surface area (Å²) in [4.78, 5) is 0.993. The SMILES string of the molecule is Cc1cc(Br)c(I)cc1C(O)c1cc2ccccc2s1. The molecule has 1 atom stereocenters. The summed E-state index contributed by atoms with van der Waals surface area (Å²) in [7, 11) is 0. The zero-order valence-electron chi connectivity index (χ0n) is 10.7. The Morgan fingerprint density at radius 1 is 1.20 bits per heavy atom. The Bertz CT molecular complexity index is 748. The Hall–Kier alpha value is -0.430. The minimum absolute atomic E-state index is 0.561. The molecule has 20 heavy (non-hydrogen) atoms. The van der Waals surface area contributed by atoms with Crippen LogP contribution in [0.2, 0.25) is 0 Å². The maximum absolute atomic E-state index is 10.7. The van der Waals surface area contributed by atoms with Gasteiger partial charge in [0, 0.05) is 17.6 Å². The maximum Gasteiger partial charge on any atom is 0.114 e. The van der Waals surface area contributed by atoms with Crippen LogP contribution in [0.5, 0.6) is 0 Å². The number of fused-ring (bicyclic) bond motifs is 1. The highest BCUT2D eigenvalue weighted by Crippen LogP contribution is 2.35. The molecule has 1 heterocycles. The highest BCUT2D eigenvalue weighted by Gasteiger charge is 2.17. The summed E-state index contributed by atoms with van der Waals surface area (Å²) in [5, 5.41) is 11.9. The van der Waals surface area contributed by atoms with Gasteiger partial charge in [0.2, 0.25) is 0 Å². The predicted octanol–water partition coefficient (Wildman–Crippen LogP) is 5.66. The van der Waals surface area contributed by atoms with Crippen molar-refractivity contribution in [2.24, 2.45) is 0 Å². The molecular formula is C16H12BrIOS. The molecule has 0 amide bonds. The van der Waals surface area contributed by atoms with Crippen molar-refractivity contribution in [2.45, 2.75) is 13.0 Å². The summed E-state index contributed by atoms with van der Waals surface area (Å²) in [5.41, 5.74) is 2.08. The molecule has 3 aromatic rings. The van der Waals surface area contributed by atoms with E-state index >= 15 is 0 Å². The molecule has 4 heteroatoms. The number of aryl methyl sites for hydroxylation is 1. The Labute approximate surface area is 143 Å². The first-order valence-corrected chi connectivity index (χ1v) is 8.87. The average molecular weight is 459 g/mol. The van der Waals surface area contributed by atoms with Crippen LogP contribution in [0.3, 0.4) is 0 Å². The van der Waals surface area contributed by atoms with Crippen molar-refractivity contribution in [2.75, 3.05) is 0 Å². The lowest BCUT2D eigenvalue weighted by atomic mass is 10.0. The fourth-order valence-corrected chi connectivity index (χ4v) is 4.27. The lowest BCUT2D eigenvalue weighted by Crippen LogP contribution is -2.00. The Balaban J connectivity index is 2.07. The van der Waals surface area contributed by atoms with Crippen LogP contribution < -0.4 is 0 Å². The fourth-order valence-electron chi connectivity index (χ4n) is 2.25. The van der Waals surface area contributed by atoms with Crippen LogP contribution in [0.1, 0.15) is 22.1 Å². The molecule has 0 aliphatic rings. The molecule has 0 saturated carbocycles. The topological polar surface area (TPSA) is 20.2 Å². The van der Waals surface area contributed by atoms with Gasteiger partial charge in [-0.1, -0.05) is 18.2 Å². The van der Waals surface area contributed by atoms with Gasteiger partial charge in [0.1, 0.15) is 6.10 Å². The minimum atomic E-state index is -0.561. The molecule has 0 aliphatic heterocycles. The molecule has 1 aromatic heterocycles. The van der Waals surface area contributed by atoms with Gasteiger partial charge in [-0.15, -0.1) is 11.3 Å². The summed E-state index contributed by atoms with van der Waals surface area (Å²) in [6.45, 7) is 2.03. The third-order valence-corrected chi connectivity index (χ3v) is 6.78. The number of benzene rings is 2. The van der Waals surface area contributed by atoms with E-state index in [1.54, 1.807) is 11.3 Å². The number of rotatable bonds is 2. The second-order valence-electron chi connectivity index (χ2n) is 4.71. The first-order chi connectivity index (χ1) is 9.56. The number of hydrogen-bond donors (Lipinski definition) is 1. The van der Waals surface area contributed by atoms with Gasteiger partial charge >= 0.3 is 0 Å². The number of halogens is 2. The van der Waals surface area contributed by atoms with Crippen molar-refractivity contribution in [1.29, 1.82) is 0 Å². The summed E-state index contributed by atoms with van der Waals surface area (Å²) in [6.07, 6.45) is -0.561.